The lowest BCUT2D eigenvalue weighted by Gasteiger charge is -2.50. The van der Waals surface area contributed by atoms with Crippen LogP contribution in [0.2, 0.25) is 0 Å². The Kier molecular flexibility index (Phi) is 3.88. The van der Waals surface area contributed by atoms with Gasteiger partial charge >= 0.3 is 0 Å². The van der Waals surface area contributed by atoms with Crippen LogP contribution in [0.25, 0.3) is 0 Å². The molecule has 1 aliphatic heterocycles. The lowest BCUT2D eigenvalue weighted by molar-refractivity contribution is -0.0565. The van der Waals surface area contributed by atoms with Crippen molar-refractivity contribution >= 4 is 0 Å². The molecule has 1 saturated carbocycles. The van der Waals surface area contributed by atoms with Gasteiger partial charge in [-0.15, -0.1) is 0 Å². The van der Waals surface area contributed by atoms with E-state index in [1.165, 1.54) is 25.7 Å². The SMILES string of the molecule is COC1CCCCC1N1CCNCC1(C)C. The normalized spacial score (nSPS) is 36.2. The van der Waals surface area contributed by atoms with Crippen LogP contribution in [0.4, 0.5) is 0 Å². The van der Waals surface area contributed by atoms with Gasteiger partial charge in [-0.1, -0.05) is 12.8 Å². The molecule has 0 spiro atoms. The van der Waals surface area contributed by atoms with Gasteiger partial charge in [0.2, 0.25) is 0 Å². The molecular formula is C13H26N2O. The Bertz CT molecular complexity index is 230. The number of hydrogen-bond donors (Lipinski definition) is 1. The second-order valence-electron chi connectivity index (χ2n) is 5.81. The average molecular weight is 226 g/mol. The molecule has 2 fully saturated rings. The van der Waals surface area contributed by atoms with Gasteiger partial charge in [-0.25, -0.2) is 0 Å². The third-order valence-electron chi connectivity index (χ3n) is 4.24. The summed E-state index contributed by atoms with van der Waals surface area (Å²) >= 11 is 0. The van der Waals surface area contributed by atoms with Crippen LogP contribution in [-0.4, -0.2) is 49.3 Å². The Hall–Kier alpha value is -0.120. The molecule has 1 aliphatic carbocycles. The molecule has 16 heavy (non-hydrogen) atoms. The average Bonchev–Trinajstić information content (AvgIpc) is 2.28. The first-order valence-electron chi connectivity index (χ1n) is 6.65. The van der Waals surface area contributed by atoms with E-state index in [1.54, 1.807) is 0 Å². The first-order chi connectivity index (χ1) is 7.65. The highest BCUT2D eigenvalue weighted by atomic mass is 16.5. The minimum absolute atomic E-state index is 0.275. The standard InChI is InChI=1S/C13H26N2O/c1-13(2)10-14-8-9-15(13)11-6-4-5-7-12(11)16-3/h11-12,14H,4-10H2,1-3H3. The zero-order valence-electron chi connectivity index (χ0n) is 11.0. The maximum Gasteiger partial charge on any atom is 0.0726 e. The Balaban J connectivity index is 2.08. The van der Waals surface area contributed by atoms with E-state index in [9.17, 15) is 0 Å². The summed E-state index contributed by atoms with van der Waals surface area (Å²) in [6.07, 6.45) is 5.70. The second-order valence-corrected chi connectivity index (χ2v) is 5.81. The highest BCUT2D eigenvalue weighted by Gasteiger charge is 2.39. The molecule has 3 heteroatoms. The summed E-state index contributed by atoms with van der Waals surface area (Å²) in [7, 11) is 1.87. The molecule has 1 N–H and O–H groups in total. The number of ether oxygens (including phenoxy) is 1. The Morgan fingerprint density at radius 1 is 1.25 bits per heavy atom. The lowest BCUT2D eigenvalue weighted by Crippen LogP contribution is -2.64. The number of piperazine rings is 1. The monoisotopic (exact) mass is 226 g/mol. The van der Waals surface area contributed by atoms with E-state index >= 15 is 0 Å². The molecule has 3 nitrogen and oxygen atoms in total. The van der Waals surface area contributed by atoms with Gasteiger partial charge < -0.3 is 10.1 Å². The summed E-state index contributed by atoms with van der Waals surface area (Å²) in [5.41, 5.74) is 0.275. The number of nitrogens with one attached hydrogen (secondary N) is 1. The molecule has 2 aliphatic rings. The predicted molar refractivity (Wildman–Crippen MR) is 66.7 cm³/mol. The van der Waals surface area contributed by atoms with Gasteiger partial charge in [0.05, 0.1) is 6.10 Å². The maximum absolute atomic E-state index is 5.69. The van der Waals surface area contributed by atoms with Crippen molar-refractivity contribution in [3.63, 3.8) is 0 Å². The summed E-state index contributed by atoms with van der Waals surface area (Å²) in [6, 6.07) is 0.635. The van der Waals surface area contributed by atoms with Gasteiger partial charge in [-0.2, -0.15) is 0 Å². The van der Waals surface area contributed by atoms with Crippen molar-refractivity contribution in [2.75, 3.05) is 26.7 Å². The zero-order chi connectivity index (χ0) is 11.6. The fourth-order valence-corrected chi connectivity index (χ4v) is 3.32. The molecule has 1 saturated heterocycles. The predicted octanol–water partition coefficient (Wildman–Crippen LogP) is 1.63. The van der Waals surface area contributed by atoms with Crippen LogP contribution in [-0.2, 0) is 4.74 Å². The molecule has 0 aromatic rings. The van der Waals surface area contributed by atoms with E-state index in [0.29, 0.717) is 12.1 Å². The molecule has 2 atom stereocenters. The van der Waals surface area contributed by atoms with Crippen LogP contribution in [0.3, 0.4) is 0 Å². The van der Waals surface area contributed by atoms with Gasteiger partial charge in [-0.3, -0.25) is 4.90 Å². The van der Waals surface area contributed by atoms with E-state index in [4.69, 9.17) is 4.74 Å². The fraction of sp³-hybridized carbons (Fsp3) is 1.00. The van der Waals surface area contributed by atoms with Crippen molar-refractivity contribution < 1.29 is 4.74 Å². The molecule has 0 bridgehead atoms. The summed E-state index contributed by atoms with van der Waals surface area (Å²) in [4.78, 5) is 2.68. The van der Waals surface area contributed by atoms with Crippen LogP contribution in [0, 0.1) is 0 Å². The molecule has 2 unspecified atom stereocenters. The molecule has 0 radical (unpaired) electrons. The maximum atomic E-state index is 5.69. The number of nitrogens with zero attached hydrogens (tertiary/aromatic N) is 1. The Morgan fingerprint density at radius 2 is 2.00 bits per heavy atom. The zero-order valence-corrected chi connectivity index (χ0v) is 11.0. The third-order valence-corrected chi connectivity index (χ3v) is 4.24. The van der Waals surface area contributed by atoms with E-state index in [1.807, 2.05) is 7.11 Å². The van der Waals surface area contributed by atoms with Crippen LogP contribution in [0.5, 0.6) is 0 Å². The van der Waals surface area contributed by atoms with E-state index in [2.05, 4.69) is 24.1 Å². The molecular weight excluding hydrogens is 200 g/mol. The fourth-order valence-electron chi connectivity index (χ4n) is 3.32. The Morgan fingerprint density at radius 3 is 2.69 bits per heavy atom. The smallest absolute Gasteiger partial charge is 0.0726 e. The largest absolute Gasteiger partial charge is 0.380 e. The number of methoxy groups -OCH3 is 1. The molecule has 0 aromatic carbocycles. The summed E-state index contributed by atoms with van der Waals surface area (Å²) in [5, 5.41) is 3.49. The van der Waals surface area contributed by atoms with E-state index in [-0.39, 0.29) is 5.54 Å². The van der Waals surface area contributed by atoms with Crippen molar-refractivity contribution in [1.82, 2.24) is 10.2 Å². The van der Waals surface area contributed by atoms with Gasteiger partial charge in [0.1, 0.15) is 0 Å². The summed E-state index contributed by atoms with van der Waals surface area (Å²) < 4.78 is 5.69. The summed E-state index contributed by atoms with van der Waals surface area (Å²) in [6.45, 7) is 8.08. The van der Waals surface area contributed by atoms with Gasteiger partial charge in [0.15, 0.2) is 0 Å². The first kappa shape index (κ1) is 12.3. The van der Waals surface area contributed by atoms with Gasteiger partial charge in [-0.05, 0) is 26.7 Å². The first-order valence-corrected chi connectivity index (χ1v) is 6.65. The van der Waals surface area contributed by atoms with Crippen molar-refractivity contribution in [3.8, 4) is 0 Å². The lowest BCUT2D eigenvalue weighted by atomic mass is 9.87. The van der Waals surface area contributed by atoms with Gasteiger partial charge in [0, 0.05) is 38.3 Å². The molecule has 0 aromatic heterocycles. The molecule has 94 valence electrons. The second kappa shape index (κ2) is 5.03. The minimum atomic E-state index is 0.275. The third kappa shape index (κ3) is 2.41. The van der Waals surface area contributed by atoms with Crippen LogP contribution in [0.15, 0.2) is 0 Å². The number of rotatable bonds is 2. The van der Waals surface area contributed by atoms with Crippen LogP contribution in [0.1, 0.15) is 39.5 Å². The van der Waals surface area contributed by atoms with E-state index in [0.717, 1.165) is 19.6 Å². The highest BCUT2D eigenvalue weighted by molar-refractivity contribution is 4.96. The van der Waals surface area contributed by atoms with Crippen molar-refractivity contribution in [3.05, 3.63) is 0 Å². The quantitative estimate of drug-likeness (QED) is 0.774. The molecule has 1 heterocycles. The topological polar surface area (TPSA) is 24.5 Å². The van der Waals surface area contributed by atoms with Crippen LogP contribution < -0.4 is 5.32 Å². The van der Waals surface area contributed by atoms with E-state index < -0.39 is 0 Å². The highest BCUT2D eigenvalue weighted by Crippen LogP contribution is 2.30. The summed E-state index contributed by atoms with van der Waals surface area (Å²) in [5.74, 6) is 0. The van der Waals surface area contributed by atoms with Crippen molar-refractivity contribution in [1.29, 1.82) is 0 Å². The molecule has 0 amide bonds. The number of hydrogen-bond acceptors (Lipinski definition) is 3. The van der Waals surface area contributed by atoms with Crippen LogP contribution >= 0.6 is 0 Å². The Labute approximate surface area is 99.5 Å². The minimum Gasteiger partial charge on any atom is -0.380 e. The molecule has 2 rings (SSSR count). The van der Waals surface area contributed by atoms with Crippen molar-refractivity contribution in [2.24, 2.45) is 0 Å². The van der Waals surface area contributed by atoms with Gasteiger partial charge in [0.25, 0.3) is 0 Å². The van der Waals surface area contributed by atoms with Crippen molar-refractivity contribution in [2.45, 2.75) is 57.2 Å².